The molecule has 2 saturated heterocycles. The fourth-order valence-corrected chi connectivity index (χ4v) is 4.15. The van der Waals surface area contributed by atoms with Gasteiger partial charge in [0.1, 0.15) is 6.10 Å². The summed E-state index contributed by atoms with van der Waals surface area (Å²) in [5, 5.41) is 10.6. The van der Waals surface area contributed by atoms with Crippen molar-refractivity contribution in [1.29, 1.82) is 0 Å². The second-order valence-corrected chi connectivity index (χ2v) is 8.07. The van der Waals surface area contributed by atoms with Gasteiger partial charge in [-0.05, 0) is 51.5 Å². The Bertz CT molecular complexity index is 630. The molecule has 0 spiro atoms. The zero-order chi connectivity index (χ0) is 18.1. The summed E-state index contributed by atoms with van der Waals surface area (Å²) >= 11 is 0. The van der Waals surface area contributed by atoms with E-state index in [9.17, 15) is 4.79 Å². The Morgan fingerprint density at radius 3 is 2.92 bits per heavy atom. The molecule has 3 aliphatic rings. The van der Waals surface area contributed by atoms with Gasteiger partial charge in [-0.25, -0.2) is 4.79 Å². The predicted molar refractivity (Wildman–Crippen MR) is 96.7 cm³/mol. The number of ether oxygens (including phenoxy) is 2. The Balaban J connectivity index is 1.31. The number of aromatic nitrogens is 2. The van der Waals surface area contributed by atoms with Crippen LogP contribution < -0.4 is 10.6 Å². The second-order valence-electron chi connectivity index (χ2n) is 8.07. The van der Waals surface area contributed by atoms with Gasteiger partial charge in [0, 0.05) is 31.8 Å². The van der Waals surface area contributed by atoms with Crippen LogP contribution in [0.2, 0.25) is 0 Å². The minimum Gasteiger partial charge on any atom is -0.375 e. The molecule has 144 valence electrons. The molecule has 4 rings (SSSR count). The molecule has 5 atom stereocenters. The average molecular weight is 362 g/mol. The van der Waals surface area contributed by atoms with E-state index in [4.69, 9.17) is 9.47 Å². The predicted octanol–water partition coefficient (Wildman–Crippen LogP) is 2.24. The topological polar surface area (TPSA) is 77.4 Å². The summed E-state index contributed by atoms with van der Waals surface area (Å²) in [4.78, 5) is 12.4. The molecular formula is C19H30N4O3. The Hall–Kier alpha value is -1.60. The molecule has 7 heteroatoms. The van der Waals surface area contributed by atoms with Crippen molar-refractivity contribution in [1.82, 2.24) is 20.4 Å². The van der Waals surface area contributed by atoms with Crippen LogP contribution in [0.3, 0.4) is 0 Å². The summed E-state index contributed by atoms with van der Waals surface area (Å²) in [6, 6.07) is 1.88. The average Bonchev–Trinajstić information content (AvgIpc) is 2.97. The van der Waals surface area contributed by atoms with Crippen LogP contribution in [0.15, 0.2) is 12.3 Å². The van der Waals surface area contributed by atoms with Crippen LogP contribution >= 0.6 is 0 Å². The van der Waals surface area contributed by atoms with E-state index in [0.29, 0.717) is 19.1 Å². The van der Waals surface area contributed by atoms with Crippen molar-refractivity contribution in [2.75, 3.05) is 13.2 Å². The molecule has 1 aliphatic carbocycles. The van der Waals surface area contributed by atoms with Crippen molar-refractivity contribution >= 4 is 6.03 Å². The highest BCUT2D eigenvalue weighted by molar-refractivity contribution is 5.74. The maximum atomic E-state index is 12.4. The van der Waals surface area contributed by atoms with E-state index in [2.05, 4.69) is 34.3 Å². The van der Waals surface area contributed by atoms with Crippen molar-refractivity contribution in [3.8, 4) is 0 Å². The molecule has 1 aromatic rings. The van der Waals surface area contributed by atoms with Gasteiger partial charge in [-0.3, -0.25) is 4.68 Å². The van der Waals surface area contributed by atoms with Gasteiger partial charge in [-0.2, -0.15) is 5.10 Å². The lowest BCUT2D eigenvalue weighted by molar-refractivity contribution is 0.0562. The molecule has 26 heavy (non-hydrogen) atoms. The van der Waals surface area contributed by atoms with Gasteiger partial charge < -0.3 is 20.1 Å². The van der Waals surface area contributed by atoms with E-state index in [0.717, 1.165) is 31.0 Å². The van der Waals surface area contributed by atoms with Crippen LogP contribution in [0.5, 0.6) is 0 Å². The van der Waals surface area contributed by atoms with Crippen LogP contribution in [0, 0.1) is 11.8 Å². The van der Waals surface area contributed by atoms with Crippen molar-refractivity contribution in [3.63, 3.8) is 0 Å². The molecule has 3 heterocycles. The number of hydrogen-bond donors (Lipinski definition) is 2. The molecule has 2 aliphatic heterocycles. The van der Waals surface area contributed by atoms with Crippen molar-refractivity contribution in [3.05, 3.63) is 18.0 Å². The molecule has 1 saturated carbocycles. The van der Waals surface area contributed by atoms with E-state index in [1.54, 1.807) is 0 Å². The van der Waals surface area contributed by atoms with Gasteiger partial charge in [0.05, 0.1) is 23.9 Å². The third-order valence-corrected chi connectivity index (χ3v) is 5.85. The minimum absolute atomic E-state index is 0.0131. The molecule has 7 nitrogen and oxygen atoms in total. The highest BCUT2D eigenvalue weighted by atomic mass is 16.5. The van der Waals surface area contributed by atoms with Crippen molar-refractivity contribution in [2.45, 2.75) is 70.4 Å². The molecule has 2 N–H and O–H groups in total. The number of carbonyl (C=O) groups excluding carboxylic acids is 1. The quantitative estimate of drug-likeness (QED) is 0.814. The van der Waals surface area contributed by atoms with Gasteiger partial charge in [0.25, 0.3) is 0 Å². The van der Waals surface area contributed by atoms with Crippen molar-refractivity contribution in [2.24, 2.45) is 11.8 Å². The van der Waals surface area contributed by atoms with Crippen molar-refractivity contribution < 1.29 is 14.3 Å². The van der Waals surface area contributed by atoms with Gasteiger partial charge in [-0.1, -0.05) is 0 Å². The minimum atomic E-state index is -0.120. The summed E-state index contributed by atoms with van der Waals surface area (Å²) in [5.74, 6) is 1.13. The fourth-order valence-electron chi connectivity index (χ4n) is 4.15. The Kier molecular flexibility index (Phi) is 5.18. The fraction of sp³-hybridized carbons (Fsp3) is 0.789. The van der Waals surface area contributed by atoms with Crippen LogP contribution in [0.4, 0.5) is 4.79 Å². The number of carbonyl (C=O) groups is 1. The standard InChI is InChI=1S/C19H30N4O3/c1-12-9-15(13(2)26-12)10-20-19(24)22-16-6-8-25-18(16)17-5-7-21-23(17)11-14-3-4-14/h5,7,12-16,18H,3-4,6,8-11H2,1-2H3,(H2,20,22,24)/t12?,13?,15?,16-,18-/m1/s1. The molecule has 1 aromatic heterocycles. The molecule has 3 unspecified atom stereocenters. The normalized spacial score (nSPS) is 34.2. The summed E-state index contributed by atoms with van der Waals surface area (Å²) < 4.78 is 13.7. The van der Waals surface area contributed by atoms with E-state index in [1.165, 1.54) is 12.8 Å². The highest BCUT2D eigenvalue weighted by Crippen LogP contribution is 2.34. The Morgan fingerprint density at radius 1 is 1.35 bits per heavy atom. The van der Waals surface area contributed by atoms with E-state index >= 15 is 0 Å². The summed E-state index contributed by atoms with van der Waals surface area (Å²) in [6.45, 7) is 6.43. The summed E-state index contributed by atoms with van der Waals surface area (Å²) in [5.41, 5.74) is 1.08. The maximum absolute atomic E-state index is 12.4. The lowest BCUT2D eigenvalue weighted by Crippen LogP contribution is -2.45. The number of rotatable bonds is 6. The summed E-state index contributed by atoms with van der Waals surface area (Å²) in [6.07, 6.45) is 6.59. The first-order chi connectivity index (χ1) is 12.6. The van der Waals surface area contributed by atoms with Crippen LogP contribution in [-0.4, -0.2) is 47.2 Å². The lowest BCUT2D eigenvalue weighted by Gasteiger charge is -2.22. The zero-order valence-electron chi connectivity index (χ0n) is 15.7. The smallest absolute Gasteiger partial charge is 0.315 e. The van der Waals surface area contributed by atoms with Gasteiger partial charge in [0.15, 0.2) is 0 Å². The van der Waals surface area contributed by atoms with Crippen LogP contribution in [-0.2, 0) is 16.0 Å². The maximum Gasteiger partial charge on any atom is 0.315 e. The third-order valence-electron chi connectivity index (χ3n) is 5.85. The zero-order valence-corrected chi connectivity index (χ0v) is 15.7. The highest BCUT2D eigenvalue weighted by Gasteiger charge is 2.35. The number of amides is 2. The second kappa shape index (κ2) is 7.56. The Morgan fingerprint density at radius 2 is 2.19 bits per heavy atom. The number of nitrogens with zero attached hydrogens (tertiary/aromatic N) is 2. The van der Waals surface area contributed by atoms with Gasteiger partial charge in [0.2, 0.25) is 0 Å². The molecule has 0 bridgehead atoms. The Labute approximate surface area is 154 Å². The van der Waals surface area contributed by atoms with Crippen LogP contribution in [0.1, 0.15) is 51.3 Å². The molecule has 0 radical (unpaired) electrons. The van der Waals surface area contributed by atoms with Gasteiger partial charge in [-0.15, -0.1) is 0 Å². The lowest BCUT2D eigenvalue weighted by atomic mass is 10.0. The van der Waals surface area contributed by atoms with E-state index in [1.807, 2.05) is 12.3 Å². The number of urea groups is 1. The van der Waals surface area contributed by atoms with E-state index in [-0.39, 0.29) is 30.4 Å². The first kappa shape index (κ1) is 17.8. The van der Waals surface area contributed by atoms with Crippen LogP contribution in [0.25, 0.3) is 0 Å². The molecule has 3 fully saturated rings. The SMILES string of the molecule is CC1CC(CNC(=O)N[C@@H]2CCO[C@H]2c2ccnn2CC2CC2)C(C)O1. The van der Waals surface area contributed by atoms with Gasteiger partial charge >= 0.3 is 6.03 Å². The molecule has 0 aromatic carbocycles. The summed E-state index contributed by atoms with van der Waals surface area (Å²) in [7, 11) is 0. The number of hydrogen-bond acceptors (Lipinski definition) is 4. The van der Waals surface area contributed by atoms with E-state index < -0.39 is 0 Å². The largest absolute Gasteiger partial charge is 0.375 e. The molecular weight excluding hydrogens is 332 g/mol. The first-order valence-corrected chi connectivity index (χ1v) is 9.93. The first-order valence-electron chi connectivity index (χ1n) is 9.93. The third kappa shape index (κ3) is 4.04. The monoisotopic (exact) mass is 362 g/mol. The number of nitrogens with one attached hydrogen (secondary N) is 2. The molecule has 2 amide bonds.